The molecule has 2 amide bonds. The largest absolute Gasteiger partial charge is 1.00 e. The van der Waals surface area contributed by atoms with E-state index in [0.717, 1.165) is 44.7 Å². The van der Waals surface area contributed by atoms with Gasteiger partial charge in [-0.05, 0) is 72.5 Å². The molecule has 0 spiro atoms. The fourth-order valence-electron chi connectivity index (χ4n) is 6.45. The van der Waals surface area contributed by atoms with Gasteiger partial charge in [0.1, 0.15) is 21.6 Å². The maximum absolute atomic E-state index is 13.8. The molecule has 0 aliphatic carbocycles. The van der Waals surface area contributed by atoms with Gasteiger partial charge in [0, 0.05) is 17.7 Å². The van der Waals surface area contributed by atoms with Gasteiger partial charge in [-0.25, -0.2) is 16.8 Å². The Hall–Kier alpha value is -2.87. The van der Waals surface area contributed by atoms with E-state index in [9.17, 15) is 46.1 Å². The third-order valence-corrected chi connectivity index (χ3v) is 12.8. The van der Waals surface area contributed by atoms with Crippen LogP contribution in [0.2, 0.25) is 5.02 Å². The molecule has 0 saturated carbocycles. The number of phenolic OH excluding ortho intramolecular Hbond substituents is 1. The van der Waals surface area contributed by atoms with Crippen molar-refractivity contribution in [2.75, 3.05) is 21.1 Å². The van der Waals surface area contributed by atoms with E-state index in [1.54, 1.807) is 20.8 Å². The number of anilines is 3. The summed E-state index contributed by atoms with van der Waals surface area (Å²) in [5.74, 6) is -2.82. The van der Waals surface area contributed by atoms with Crippen LogP contribution in [0.5, 0.6) is 11.5 Å². The molecule has 0 bridgehead atoms. The first-order valence-corrected chi connectivity index (χ1v) is 24.9. The molecule has 4 aromatic carbocycles. The van der Waals surface area contributed by atoms with Crippen molar-refractivity contribution in [3.8, 4) is 11.5 Å². The second-order valence-electron chi connectivity index (χ2n) is 16.1. The van der Waals surface area contributed by atoms with Gasteiger partial charge in [0.15, 0.2) is 11.5 Å². The monoisotopic (exact) mass is 1020 g/mol. The van der Waals surface area contributed by atoms with Gasteiger partial charge >= 0.3 is 59.1 Å². The van der Waals surface area contributed by atoms with E-state index in [1.807, 2.05) is 0 Å². The van der Waals surface area contributed by atoms with Crippen LogP contribution in [0.3, 0.4) is 0 Å². The Morgan fingerprint density at radius 1 is 0.836 bits per heavy atom. The van der Waals surface area contributed by atoms with Crippen LogP contribution < -0.4 is 84.5 Å². The predicted octanol–water partition coefficient (Wildman–Crippen LogP) is 3.38. The quantitative estimate of drug-likeness (QED) is 0.0108. The van der Waals surface area contributed by atoms with Crippen LogP contribution >= 0.6 is 23.6 Å². The Kier molecular flexibility index (Phi) is 25.3. The van der Waals surface area contributed by atoms with Crippen LogP contribution in [0.4, 0.5) is 28.4 Å². The zero-order chi connectivity index (χ0) is 48.0. The molecule has 354 valence electrons. The van der Waals surface area contributed by atoms with Crippen molar-refractivity contribution in [3.05, 3.63) is 65.7 Å². The summed E-state index contributed by atoms with van der Waals surface area (Å²) in [6.07, 6.45) is 8.86. The fraction of sp³-hybridized carbons (Fsp3) is 0.419. The summed E-state index contributed by atoms with van der Waals surface area (Å²) in [4.78, 5) is 38.5. The first-order chi connectivity index (χ1) is 30.6. The summed E-state index contributed by atoms with van der Waals surface area (Å²) < 4.78 is 74.3. The fourth-order valence-corrected chi connectivity index (χ4v) is 8.81. The first-order valence-electron chi connectivity index (χ1n) is 20.7. The number of amides is 2. The second-order valence-corrected chi connectivity index (χ2v) is 20.5. The molecule has 1 unspecified atom stereocenters. The number of nitrogens with one attached hydrogen (secondary N) is 3. The summed E-state index contributed by atoms with van der Waals surface area (Å²) in [7, 11) is -8.74. The van der Waals surface area contributed by atoms with Crippen molar-refractivity contribution in [2.45, 2.75) is 115 Å². The first kappa shape index (κ1) is 60.3. The van der Waals surface area contributed by atoms with Gasteiger partial charge in [0.2, 0.25) is 22.0 Å². The van der Waals surface area contributed by atoms with Gasteiger partial charge in [-0.2, -0.15) is 9.45 Å². The Labute approximate surface area is 444 Å². The number of hydrogen-bond donors (Lipinski definition) is 4. The number of aromatic hydroxyl groups is 1. The maximum Gasteiger partial charge on any atom is 1.00 e. The van der Waals surface area contributed by atoms with Gasteiger partial charge in [-0.1, -0.05) is 97.1 Å². The molecule has 0 radical (unpaired) electrons. The molecule has 0 aliphatic rings. The minimum atomic E-state index is -5.03. The molecule has 0 aliphatic heterocycles. The number of azo groups is 1. The molecule has 0 aromatic heterocycles. The summed E-state index contributed by atoms with van der Waals surface area (Å²) in [6, 6.07) is 12.8. The number of ketones is 1. The number of fused-ring (bicyclic) bond motifs is 1. The Morgan fingerprint density at radius 3 is 2.01 bits per heavy atom. The Bertz CT molecular complexity index is 2580. The Balaban J connectivity index is 0.00000771. The van der Waals surface area contributed by atoms with Crippen molar-refractivity contribution in [1.29, 1.82) is 0 Å². The van der Waals surface area contributed by atoms with Crippen LogP contribution in [0.25, 0.3) is 10.8 Å². The summed E-state index contributed by atoms with van der Waals surface area (Å²) in [5.41, 5.74) is -1.28. The Morgan fingerprint density at radius 2 is 1.45 bits per heavy atom. The minimum Gasteiger partial charge on any atom is -0.744 e. The molecule has 24 heteroatoms. The average molecular weight is 1020 g/mol. The molecule has 1 atom stereocenters. The molecule has 18 nitrogen and oxygen atoms in total. The molecule has 4 rings (SSSR count). The maximum atomic E-state index is 13.8. The third kappa shape index (κ3) is 19.1. The number of Topliss-reactive ketones (excluding diaryl/α,β-unsaturated/α-hetero) is 1. The van der Waals surface area contributed by atoms with Gasteiger partial charge in [0.25, 0.3) is 5.91 Å². The topological polar surface area (TPSA) is 274 Å². The number of phenols is 1. The smallest absolute Gasteiger partial charge is 0.744 e. The van der Waals surface area contributed by atoms with E-state index in [-0.39, 0.29) is 132 Å². The number of rotatable bonds is 25. The molecule has 67 heavy (non-hydrogen) atoms. The number of carbonyl (C=O) groups is 3. The van der Waals surface area contributed by atoms with E-state index in [2.05, 4.69) is 41.9 Å². The SMILES string of the molecule is CCCCCCCCCCCCS(=O)(=O)Nc1ccc(Cl)c(NC(=O)C(Oc2ccc(N=Nc3c(SOO[O-])cc4cc(S(=O)(=O)[O-])cc(NC(C)=O)c4c3O)cc2)C(=O)C(C)(C)C)c1.[Na+].[Na+]. The van der Waals surface area contributed by atoms with Crippen molar-refractivity contribution in [1.82, 2.24) is 0 Å². The second kappa shape index (κ2) is 28.1. The molecule has 4 N–H and O–H groups in total. The van der Waals surface area contributed by atoms with E-state index in [4.69, 9.17) is 16.3 Å². The van der Waals surface area contributed by atoms with Crippen molar-refractivity contribution >= 4 is 101 Å². The minimum absolute atomic E-state index is 0. The van der Waals surface area contributed by atoms with Crippen LogP contribution in [-0.4, -0.2) is 55.9 Å². The molecule has 0 saturated heterocycles. The van der Waals surface area contributed by atoms with E-state index >= 15 is 0 Å². The number of ether oxygens (including phenoxy) is 1. The summed E-state index contributed by atoms with van der Waals surface area (Å²) in [5, 5.41) is 38.5. The molecular formula is C43H52ClN5Na2O13S3. The summed E-state index contributed by atoms with van der Waals surface area (Å²) >= 11 is 6.69. The number of nitrogens with zero attached hydrogens (tertiary/aromatic N) is 2. The molecule has 0 fully saturated rings. The number of hydrogen-bond acceptors (Lipinski definition) is 16. The molecule has 4 aromatic rings. The van der Waals surface area contributed by atoms with Gasteiger partial charge in [-0.3, -0.25) is 24.1 Å². The number of unbranched alkanes of at least 4 members (excludes halogenated alkanes) is 9. The van der Waals surface area contributed by atoms with Crippen molar-refractivity contribution in [2.24, 2.45) is 15.6 Å². The standard InChI is InChI=1S/C43H54ClN5O13S3.2Na/c1-6-7-8-9-10-11-12-13-14-15-22-64(55,56)49-30-18-21-33(44)34(25-30)46-42(53)40(41(52)43(3,4)5)60-31-19-16-29(17-20-31)47-48-38-36(63-62-61-54)24-28-23-32(65(57,58)59)26-35(45-27(2)50)37(28)39(38)51;;/h16-21,23-26,40,49,51,54H,6-15,22H2,1-5H3,(H,45,50)(H,46,53)(H,57,58,59);;/q;2*+1/p-2. The van der Waals surface area contributed by atoms with Crippen LogP contribution in [0.1, 0.15) is 98.8 Å². The van der Waals surface area contributed by atoms with E-state index in [1.165, 1.54) is 80.6 Å². The van der Waals surface area contributed by atoms with Crippen LogP contribution in [0.15, 0.2) is 80.7 Å². The number of benzene rings is 4. The number of halogens is 1. The zero-order valence-corrected chi connectivity index (χ0v) is 45.7. The number of carbonyl (C=O) groups excluding carboxylic acids is 3. The summed E-state index contributed by atoms with van der Waals surface area (Å²) in [6.45, 7) is 8.11. The average Bonchev–Trinajstić information content (AvgIpc) is 3.22. The van der Waals surface area contributed by atoms with E-state index < -0.39 is 59.9 Å². The molecule has 0 heterocycles. The van der Waals surface area contributed by atoms with Gasteiger partial charge in [-0.15, -0.1) is 5.11 Å². The van der Waals surface area contributed by atoms with E-state index in [0.29, 0.717) is 6.42 Å². The number of sulfonamides is 1. The zero-order valence-electron chi connectivity index (χ0n) is 38.5. The molecular weight excluding hydrogens is 972 g/mol. The van der Waals surface area contributed by atoms with Crippen LogP contribution in [-0.2, 0) is 43.9 Å². The van der Waals surface area contributed by atoms with Crippen molar-refractivity contribution < 1.29 is 119 Å². The van der Waals surface area contributed by atoms with Gasteiger partial charge in [0.05, 0.1) is 55.4 Å². The third-order valence-electron chi connectivity index (χ3n) is 9.71. The predicted molar refractivity (Wildman–Crippen MR) is 245 cm³/mol. The van der Waals surface area contributed by atoms with Crippen molar-refractivity contribution in [3.63, 3.8) is 0 Å². The van der Waals surface area contributed by atoms with Gasteiger partial charge < -0.3 is 30.3 Å². The van der Waals surface area contributed by atoms with Crippen LogP contribution in [0, 0.1) is 5.41 Å². The normalized spacial score (nSPS) is 12.2.